The SMILES string of the molecule is COc1ccc(C)cc1-n1c(SCC(=O)O)nnc1C1CCOCC1. The Bertz CT molecular complexity index is 756. The summed E-state index contributed by atoms with van der Waals surface area (Å²) in [5.41, 5.74) is 1.92. The second-order valence-corrected chi connectivity index (χ2v) is 6.86. The van der Waals surface area contributed by atoms with Crippen molar-refractivity contribution >= 4 is 17.7 Å². The minimum Gasteiger partial charge on any atom is -0.495 e. The van der Waals surface area contributed by atoms with E-state index in [4.69, 9.17) is 14.6 Å². The largest absolute Gasteiger partial charge is 0.495 e. The van der Waals surface area contributed by atoms with Crippen LogP contribution in [-0.4, -0.2) is 51.9 Å². The third kappa shape index (κ3) is 3.96. The maximum absolute atomic E-state index is 11.0. The van der Waals surface area contributed by atoms with E-state index in [2.05, 4.69) is 10.2 Å². The van der Waals surface area contributed by atoms with Gasteiger partial charge in [0.2, 0.25) is 0 Å². The van der Waals surface area contributed by atoms with Crippen LogP contribution in [0.5, 0.6) is 5.75 Å². The Morgan fingerprint density at radius 1 is 1.40 bits per heavy atom. The molecule has 0 atom stereocenters. The highest BCUT2D eigenvalue weighted by molar-refractivity contribution is 7.99. The van der Waals surface area contributed by atoms with Crippen LogP contribution in [0.4, 0.5) is 0 Å². The molecule has 0 aliphatic carbocycles. The number of aryl methyl sites for hydroxylation is 1. The quantitative estimate of drug-likeness (QED) is 0.790. The van der Waals surface area contributed by atoms with E-state index in [1.165, 1.54) is 0 Å². The van der Waals surface area contributed by atoms with Gasteiger partial charge >= 0.3 is 5.97 Å². The second kappa shape index (κ2) is 7.88. The number of thioether (sulfide) groups is 1. The molecule has 0 amide bonds. The van der Waals surface area contributed by atoms with Gasteiger partial charge in [0, 0.05) is 19.1 Å². The Morgan fingerprint density at radius 3 is 2.84 bits per heavy atom. The normalized spacial score (nSPS) is 15.3. The number of aromatic nitrogens is 3. The van der Waals surface area contributed by atoms with Gasteiger partial charge in [-0.3, -0.25) is 9.36 Å². The molecule has 0 bridgehead atoms. The van der Waals surface area contributed by atoms with Crippen molar-refractivity contribution in [3.05, 3.63) is 29.6 Å². The lowest BCUT2D eigenvalue weighted by Gasteiger charge is -2.23. The van der Waals surface area contributed by atoms with E-state index in [9.17, 15) is 4.79 Å². The van der Waals surface area contributed by atoms with Gasteiger partial charge in [-0.1, -0.05) is 17.8 Å². The summed E-state index contributed by atoms with van der Waals surface area (Å²) in [6, 6.07) is 5.89. The number of methoxy groups -OCH3 is 1. The van der Waals surface area contributed by atoms with Crippen molar-refractivity contribution < 1.29 is 19.4 Å². The number of nitrogens with zero attached hydrogens (tertiary/aromatic N) is 3. The molecular weight excluding hydrogens is 342 g/mol. The predicted octanol–water partition coefficient (Wildman–Crippen LogP) is 2.66. The Kier molecular flexibility index (Phi) is 5.60. The topological polar surface area (TPSA) is 86.5 Å². The van der Waals surface area contributed by atoms with Crippen LogP contribution in [0.15, 0.2) is 23.4 Å². The highest BCUT2D eigenvalue weighted by atomic mass is 32.2. The number of hydrogen-bond acceptors (Lipinski definition) is 6. The first-order valence-electron chi connectivity index (χ1n) is 8.13. The maximum atomic E-state index is 11.0. The highest BCUT2D eigenvalue weighted by Gasteiger charge is 2.26. The lowest BCUT2D eigenvalue weighted by molar-refractivity contribution is -0.133. The lowest BCUT2D eigenvalue weighted by atomic mass is 9.99. The molecule has 2 aromatic rings. The Hall–Kier alpha value is -2.06. The first-order valence-corrected chi connectivity index (χ1v) is 9.11. The molecule has 7 nitrogen and oxygen atoms in total. The molecule has 1 aliphatic heterocycles. The van der Waals surface area contributed by atoms with Crippen molar-refractivity contribution in [1.29, 1.82) is 0 Å². The van der Waals surface area contributed by atoms with Crippen molar-refractivity contribution in [2.45, 2.75) is 30.8 Å². The fraction of sp³-hybridized carbons (Fsp3) is 0.471. The maximum Gasteiger partial charge on any atom is 0.313 e. The van der Waals surface area contributed by atoms with Crippen molar-refractivity contribution in [3.8, 4) is 11.4 Å². The van der Waals surface area contributed by atoms with Gasteiger partial charge in [0.1, 0.15) is 11.6 Å². The molecule has 1 saturated heterocycles. The fourth-order valence-electron chi connectivity index (χ4n) is 2.92. The summed E-state index contributed by atoms with van der Waals surface area (Å²) in [4.78, 5) is 11.0. The zero-order valence-electron chi connectivity index (χ0n) is 14.3. The van der Waals surface area contributed by atoms with Crippen LogP contribution in [-0.2, 0) is 9.53 Å². The molecule has 134 valence electrons. The average molecular weight is 363 g/mol. The van der Waals surface area contributed by atoms with E-state index in [1.54, 1.807) is 7.11 Å². The number of carboxylic acids is 1. The van der Waals surface area contributed by atoms with Gasteiger partial charge in [-0.05, 0) is 37.5 Å². The second-order valence-electron chi connectivity index (χ2n) is 5.92. The molecule has 1 fully saturated rings. The molecule has 1 aromatic heterocycles. The lowest BCUT2D eigenvalue weighted by Crippen LogP contribution is -2.18. The van der Waals surface area contributed by atoms with E-state index < -0.39 is 5.97 Å². The molecule has 0 spiro atoms. The van der Waals surface area contributed by atoms with Gasteiger partial charge in [0.25, 0.3) is 0 Å². The van der Waals surface area contributed by atoms with Crippen LogP contribution in [0, 0.1) is 6.92 Å². The summed E-state index contributed by atoms with van der Waals surface area (Å²) in [7, 11) is 1.62. The summed E-state index contributed by atoms with van der Waals surface area (Å²) < 4.78 is 12.9. The number of rotatable bonds is 6. The van der Waals surface area contributed by atoms with Gasteiger partial charge in [-0.25, -0.2) is 0 Å². The van der Waals surface area contributed by atoms with E-state index in [-0.39, 0.29) is 11.7 Å². The molecule has 1 aromatic carbocycles. The van der Waals surface area contributed by atoms with Crippen molar-refractivity contribution in [3.63, 3.8) is 0 Å². The molecule has 0 radical (unpaired) electrons. The number of carbonyl (C=O) groups is 1. The zero-order valence-corrected chi connectivity index (χ0v) is 15.1. The van der Waals surface area contributed by atoms with E-state index in [0.717, 1.165) is 41.7 Å². The van der Waals surface area contributed by atoms with Crippen LogP contribution in [0.25, 0.3) is 5.69 Å². The molecule has 8 heteroatoms. The van der Waals surface area contributed by atoms with Crippen LogP contribution in [0.1, 0.15) is 30.1 Å². The molecule has 0 unspecified atom stereocenters. The summed E-state index contributed by atoms with van der Waals surface area (Å²) >= 11 is 1.16. The number of benzene rings is 1. The van der Waals surface area contributed by atoms with Gasteiger partial charge in [0.05, 0.1) is 18.6 Å². The first kappa shape index (κ1) is 17.8. The van der Waals surface area contributed by atoms with E-state index in [1.807, 2.05) is 29.7 Å². The molecular formula is C17H21N3O4S. The fourth-order valence-corrected chi connectivity index (χ4v) is 3.59. The van der Waals surface area contributed by atoms with Crippen molar-refractivity contribution in [2.75, 3.05) is 26.1 Å². The smallest absolute Gasteiger partial charge is 0.313 e. The predicted molar refractivity (Wildman–Crippen MR) is 93.8 cm³/mol. The van der Waals surface area contributed by atoms with Crippen molar-refractivity contribution in [1.82, 2.24) is 14.8 Å². The number of hydrogen-bond donors (Lipinski definition) is 1. The standard InChI is InChI=1S/C17H21N3O4S/c1-11-3-4-14(23-2)13(9-11)20-16(12-5-7-24-8-6-12)18-19-17(20)25-10-15(21)22/h3-4,9,12H,5-8,10H2,1-2H3,(H,21,22). The summed E-state index contributed by atoms with van der Waals surface area (Å²) in [5, 5.41) is 18.2. The van der Waals surface area contributed by atoms with E-state index in [0.29, 0.717) is 24.1 Å². The van der Waals surface area contributed by atoms with Gasteiger partial charge < -0.3 is 14.6 Å². The van der Waals surface area contributed by atoms with Gasteiger partial charge in [-0.15, -0.1) is 10.2 Å². The molecule has 2 heterocycles. The van der Waals surface area contributed by atoms with Gasteiger partial charge in [0.15, 0.2) is 5.16 Å². The molecule has 3 rings (SSSR count). The molecule has 25 heavy (non-hydrogen) atoms. The minimum atomic E-state index is -0.886. The monoisotopic (exact) mass is 363 g/mol. The Balaban J connectivity index is 2.08. The van der Waals surface area contributed by atoms with Crippen LogP contribution in [0.2, 0.25) is 0 Å². The highest BCUT2D eigenvalue weighted by Crippen LogP contribution is 2.34. The third-order valence-corrected chi connectivity index (χ3v) is 5.06. The number of carboxylic acid groups (broad SMARTS) is 1. The first-order chi connectivity index (χ1) is 12.1. The summed E-state index contributed by atoms with van der Waals surface area (Å²) in [5.74, 6) is 0.810. The molecule has 1 N–H and O–H groups in total. The summed E-state index contributed by atoms with van der Waals surface area (Å²) in [6.45, 7) is 3.39. The van der Waals surface area contributed by atoms with Gasteiger partial charge in [-0.2, -0.15) is 0 Å². The van der Waals surface area contributed by atoms with Crippen LogP contribution < -0.4 is 4.74 Å². The zero-order chi connectivity index (χ0) is 17.8. The Morgan fingerprint density at radius 2 is 2.16 bits per heavy atom. The molecule has 1 aliphatic rings. The molecule has 0 saturated carbocycles. The summed E-state index contributed by atoms with van der Waals surface area (Å²) in [6.07, 6.45) is 1.74. The van der Waals surface area contributed by atoms with Crippen LogP contribution in [0.3, 0.4) is 0 Å². The third-order valence-electron chi connectivity index (χ3n) is 4.14. The van der Waals surface area contributed by atoms with E-state index >= 15 is 0 Å². The number of aliphatic carboxylic acids is 1. The van der Waals surface area contributed by atoms with Crippen LogP contribution >= 0.6 is 11.8 Å². The Labute approximate surface area is 150 Å². The number of ether oxygens (including phenoxy) is 2. The van der Waals surface area contributed by atoms with Crippen molar-refractivity contribution in [2.24, 2.45) is 0 Å². The average Bonchev–Trinajstić information content (AvgIpc) is 3.04. The minimum absolute atomic E-state index is 0.0694.